The zero-order valence-corrected chi connectivity index (χ0v) is 10.2. The molecule has 0 amide bonds. The molecule has 82 valence electrons. The van der Waals surface area contributed by atoms with Crippen molar-refractivity contribution in [1.82, 2.24) is 9.97 Å². The van der Waals surface area contributed by atoms with Crippen molar-refractivity contribution < 1.29 is 9.13 Å². The minimum absolute atomic E-state index is 0.179. The molecule has 0 fully saturated rings. The molecule has 0 saturated heterocycles. The molecule has 0 spiro atoms. The lowest BCUT2D eigenvalue weighted by Crippen LogP contribution is -1.96. The Balaban J connectivity index is 2.23. The average Bonchev–Trinajstić information content (AvgIpc) is 2.25. The highest BCUT2D eigenvalue weighted by Crippen LogP contribution is 2.25. The molecule has 0 aliphatic heterocycles. The fourth-order valence-electron chi connectivity index (χ4n) is 1.06. The van der Waals surface area contributed by atoms with Gasteiger partial charge in [0.05, 0.1) is 5.69 Å². The Morgan fingerprint density at radius 2 is 1.94 bits per heavy atom. The summed E-state index contributed by atoms with van der Waals surface area (Å²) in [6, 6.07) is 4.06. The van der Waals surface area contributed by atoms with E-state index < -0.39 is 5.82 Å². The van der Waals surface area contributed by atoms with Crippen LogP contribution in [0, 0.1) is 9.39 Å². The minimum Gasteiger partial charge on any atom is -0.422 e. The van der Waals surface area contributed by atoms with Crippen LogP contribution in [0.15, 0.2) is 30.6 Å². The predicted molar refractivity (Wildman–Crippen MR) is 65.6 cm³/mol. The molecule has 2 rings (SSSR count). The van der Waals surface area contributed by atoms with E-state index >= 15 is 0 Å². The third-order valence-corrected chi connectivity index (χ3v) is 2.33. The number of nitrogen functional groups attached to an aromatic ring is 1. The number of anilines is 1. The zero-order chi connectivity index (χ0) is 11.5. The number of nitrogens with two attached hydrogens (primary N) is 1. The molecular formula is C10H7FIN3O. The van der Waals surface area contributed by atoms with E-state index in [0.29, 0.717) is 5.75 Å². The number of aromatic nitrogens is 2. The van der Waals surface area contributed by atoms with Gasteiger partial charge in [-0.1, -0.05) is 0 Å². The Morgan fingerprint density at radius 1 is 1.25 bits per heavy atom. The van der Waals surface area contributed by atoms with Crippen molar-refractivity contribution in [2.24, 2.45) is 0 Å². The summed E-state index contributed by atoms with van der Waals surface area (Å²) in [5.41, 5.74) is 5.79. The first-order valence-electron chi connectivity index (χ1n) is 4.35. The first kappa shape index (κ1) is 11.1. The monoisotopic (exact) mass is 331 g/mol. The fourth-order valence-corrected chi connectivity index (χ4v) is 1.34. The largest absolute Gasteiger partial charge is 0.422 e. The van der Waals surface area contributed by atoms with Crippen molar-refractivity contribution in [3.63, 3.8) is 0 Å². The average molecular weight is 331 g/mol. The summed E-state index contributed by atoms with van der Waals surface area (Å²) in [4.78, 5) is 7.89. The van der Waals surface area contributed by atoms with E-state index in [-0.39, 0.29) is 11.7 Å². The third kappa shape index (κ3) is 2.57. The second-order valence-electron chi connectivity index (χ2n) is 2.97. The standard InChI is InChI=1S/C10H7FIN3O/c11-6-1-2-9(8(13)3-6)16-10-14-4-7(12)5-15-10/h1-5H,13H2. The molecule has 1 aromatic heterocycles. The quantitative estimate of drug-likeness (QED) is 0.679. The van der Waals surface area contributed by atoms with Crippen LogP contribution in [0.3, 0.4) is 0 Å². The summed E-state index contributed by atoms with van der Waals surface area (Å²) < 4.78 is 19.0. The summed E-state index contributed by atoms with van der Waals surface area (Å²) in [6.07, 6.45) is 3.23. The number of rotatable bonds is 2. The van der Waals surface area contributed by atoms with Crippen LogP contribution >= 0.6 is 22.6 Å². The number of halogens is 2. The molecule has 0 bridgehead atoms. The molecule has 0 radical (unpaired) electrons. The molecule has 0 saturated carbocycles. The van der Waals surface area contributed by atoms with Crippen molar-refractivity contribution in [2.75, 3.05) is 5.73 Å². The van der Waals surface area contributed by atoms with Crippen LogP contribution in [0.2, 0.25) is 0 Å². The second kappa shape index (κ2) is 4.60. The number of hydrogen-bond acceptors (Lipinski definition) is 4. The molecule has 2 N–H and O–H groups in total. The number of nitrogens with zero attached hydrogens (tertiary/aromatic N) is 2. The summed E-state index contributed by atoms with van der Waals surface area (Å²) in [5.74, 6) is -0.0732. The Hall–Kier alpha value is -1.44. The van der Waals surface area contributed by atoms with E-state index in [1.807, 2.05) is 0 Å². The second-order valence-corrected chi connectivity index (χ2v) is 4.21. The molecule has 16 heavy (non-hydrogen) atoms. The highest BCUT2D eigenvalue weighted by Gasteiger charge is 2.05. The molecule has 1 aromatic carbocycles. The maximum absolute atomic E-state index is 12.8. The zero-order valence-electron chi connectivity index (χ0n) is 8.02. The van der Waals surface area contributed by atoms with Gasteiger partial charge in [-0.15, -0.1) is 0 Å². The summed E-state index contributed by atoms with van der Waals surface area (Å²) in [5, 5.41) is 0. The van der Waals surface area contributed by atoms with Crippen molar-refractivity contribution in [3.05, 3.63) is 40.0 Å². The Labute approximate surface area is 105 Å². The number of hydrogen-bond donors (Lipinski definition) is 1. The van der Waals surface area contributed by atoms with Crippen LogP contribution in [0.5, 0.6) is 11.8 Å². The molecule has 0 atom stereocenters. The first-order chi connectivity index (χ1) is 7.65. The van der Waals surface area contributed by atoms with E-state index in [4.69, 9.17) is 10.5 Å². The van der Waals surface area contributed by atoms with Crippen molar-refractivity contribution in [3.8, 4) is 11.8 Å². The Bertz CT molecular complexity index is 504. The topological polar surface area (TPSA) is 61.0 Å². The molecule has 6 heteroatoms. The predicted octanol–water partition coefficient (Wildman–Crippen LogP) is 2.59. The normalized spacial score (nSPS) is 10.1. The van der Waals surface area contributed by atoms with Crippen molar-refractivity contribution in [1.29, 1.82) is 0 Å². The molecule has 0 aliphatic rings. The van der Waals surface area contributed by atoms with Crippen molar-refractivity contribution in [2.45, 2.75) is 0 Å². The smallest absolute Gasteiger partial charge is 0.322 e. The molecule has 4 nitrogen and oxygen atoms in total. The lowest BCUT2D eigenvalue weighted by Gasteiger charge is -2.06. The van der Waals surface area contributed by atoms with Crippen LogP contribution < -0.4 is 10.5 Å². The van der Waals surface area contributed by atoms with Crippen LogP contribution in [-0.2, 0) is 0 Å². The lowest BCUT2D eigenvalue weighted by molar-refractivity contribution is 0.442. The van der Waals surface area contributed by atoms with Gasteiger partial charge in [0.25, 0.3) is 0 Å². The van der Waals surface area contributed by atoms with E-state index in [2.05, 4.69) is 32.6 Å². The first-order valence-corrected chi connectivity index (χ1v) is 5.43. The highest BCUT2D eigenvalue weighted by atomic mass is 127. The fraction of sp³-hybridized carbons (Fsp3) is 0. The number of benzene rings is 1. The molecule has 2 aromatic rings. The van der Waals surface area contributed by atoms with Crippen LogP contribution in [0.4, 0.5) is 10.1 Å². The van der Waals surface area contributed by atoms with Gasteiger partial charge in [0.1, 0.15) is 5.82 Å². The maximum Gasteiger partial charge on any atom is 0.322 e. The van der Waals surface area contributed by atoms with E-state index in [9.17, 15) is 4.39 Å². The molecule has 0 unspecified atom stereocenters. The summed E-state index contributed by atoms with van der Waals surface area (Å²) in [6.45, 7) is 0. The Kier molecular flexibility index (Phi) is 3.18. The lowest BCUT2D eigenvalue weighted by atomic mass is 10.3. The van der Waals surface area contributed by atoms with E-state index in [1.54, 1.807) is 12.4 Å². The van der Waals surface area contributed by atoms with Gasteiger partial charge in [-0.2, -0.15) is 0 Å². The molecular weight excluding hydrogens is 324 g/mol. The molecule has 1 heterocycles. The van der Waals surface area contributed by atoms with Gasteiger partial charge >= 0.3 is 6.01 Å². The summed E-state index contributed by atoms with van der Waals surface area (Å²) >= 11 is 2.08. The van der Waals surface area contributed by atoms with Crippen LogP contribution in [-0.4, -0.2) is 9.97 Å². The van der Waals surface area contributed by atoms with E-state index in [0.717, 1.165) is 3.57 Å². The van der Waals surface area contributed by atoms with Crippen molar-refractivity contribution >= 4 is 28.3 Å². The number of ether oxygens (including phenoxy) is 1. The van der Waals surface area contributed by atoms with Gasteiger partial charge in [0, 0.05) is 22.0 Å². The minimum atomic E-state index is -0.409. The van der Waals surface area contributed by atoms with Gasteiger partial charge in [-0.3, -0.25) is 0 Å². The van der Waals surface area contributed by atoms with Gasteiger partial charge in [0.2, 0.25) is 0 Å². The SMILES string of the molecule is Nc1cc(F)ccc1Oc1ncc(I)cn1. The van der Waals surface area contributed by atoms with Crippen LogP contribution in [0.25, 0.3) is 0 Å². The van der Waals surface area contributed by atoms with Gasteiger partial charge < -0.3 is 10.5 Å². The van der Waals surface area contributed by atoms with Gasteiger partial charge in [-0.25, -0.2) is 14.4 Å². The maximum atomic E-state index is 12.8. The third-order valence-electron chi connectivity index (χ3n) is 1.77. The van der Waals surface area contributed by atoms with Crippen LogP contribution in [0.1, 0.15) is 0 Å². The van der Waals surface area contributed by atoms with E-state index in [1.165, 1.54) is 18.2 Å². The summed E-state index contributed by atoms with van der Waals surface area (Å²) in [7, 11) is 0. The van der Waals surface area contributed by atoms with Gasteiger partial charge in [0.15, 0.2) is 5.75 Å². The molecule has 0 aliphatic carbocycles. The Morgan fingerprint density at radius 3 is 2.56 bits per heavy atom. The highest BCUT2D eigenvalue weighted by molar-refractivity contribution is 14.1. The van der Waals surface area contributed by atoms with Gasteiger partial charge in [-0.05, 0) is 34.7 Å².